The van der Waals surface area contributed by atoms with Crippen molar-refractivity contribution in [3.05, 3.63) is 0 Å². The highest BCUT2D eigenvalue weighted by Crippen LogP contribution is 2.40. The van der Waals surface area contributed by atoms with Crippen LogP contribution in [-0.2, 0) is 0 Å². The molecule has 0 heteroatoms. The van der Waals surface area contributed by atoms with Crippen LogP contribution in [0.5, 0.6) is 0 Å². The Balaban J connectivity index is 1.82. The Morgan fingerprint density at radius 2 is 0.929 bits per heavy atom. The van der Waals surface area contributed by atoms with Crippen LogP contribution < -0.4 is 0 Å². The van der Waals surface area contributed by atoms with Gasteiger partial charge in [0.15, 0.2) is 0 Å². The molecule has 0 bridgehead atoms. The molecule has 0 aromatic rings. The Hall–Kier alpha value is 0. The first-order valence-electron chi connectivity index (χ1n) is 13.8. The van der Waals surface area contributed by atoms with E-state index in [0.717, 1.165) is 23.7 Å². The van der Waals surface area contributed by atoms with Crippen LogP contribution in [0.2, 0.25) is 0 Å². The molecule has 2 rings (SSSR count). The minimum atomic E-state index is 1.04. The summed E-state index contributed by atoms with van der Waals surface area (Å²) < 4.78 is 0. The summed E-state index contributed by atoms with van der Waals surface area (Å²) >= 11 is 0. The molecular weight excluding hydrogens is 336 g/mol. The van der Waals surface area contributed by atoms with E-state index >= 15 is 0 Å². The van der Waals surface area contributed by atoms with Crippen LogP contribution in [0.4, 0.5) is 0 Å². The minimum absolute atomic E-state index is 1.04. The second-order valence-electron chi connectivity index (χ2n) is 10.7. The van der Waals surface area contributed by atoms with E-state index in [0.29, 0.717) is 0 Å². The number of hydrogen-bond donors (Lipinski definition) is 0. The second-order valence-corrected chi connectivity index (χ2v) is 10.7. The highest BCUT2D eigenvalue weighted by atomic mass is 14.3. The fourth-order valence-corrected chi connectivity index (χ4v) is 6.47. The fraction of sp³-hybridized carbons (Fsp3) is 1.00. The molecule has 0 radical (unpaired) electrons. The summed E-state index contributed by atoms with van der Waals surface area (Å²) in [6, 6.07) is 0. The molecule has 2 unspecified atom stereocenters. The van der Waals surface area contributed by atoms with Gasteiger partial charge < -0.3 is 0 Å². The van der Waals surface area contributed by atoms with Gasteiger partial charge in [-0.25, -0.2) is 0 Å². The first-order valence-corrected chi connectivity index (χ1v) is 13.8. The number of rotatable bonds is 6. The summed E-state index contributed by atoms with van der Waals surface area (Å²) in [4.78, 5) is 0. The van der Waals surface area contributed by atoms with Gasteiger partial charge in [-0.05, 0) is 36.5 Å². The molecule has 0 saturated heterocycles. The highest BCUT2D eigenvalue weighted by molar-refractivity contribution is 4.79. The second kappa shape index (κ2) is 15.8. The third-order valence-electron chi connectivity index (χ3n) is 8.35. The topological polar surface area (TPSA) is 0 Å². The first kappa shape index (κ1) is 24.3. The Morgan fingerprint density at radius 1 is 0.429 bits per heavy atom. The summed E-state index contributed by atoms with van der Waals surface area (Å²) in [6.07, 6.45) is 33.3. The Morgan fingerprint density at radius 3 is 1.57 bits per heavy atom. The molecule has 0 amide bonds. The largest absolute Gasteiger partial charge is 0.0654 e. The van der Waals surface area contributed by atoms with E-state index in [4.69, 9.17) is 0 Å². The van der Waals surface area contributed by atoms with Crippen LogP contribution in [0.25, 0.3) is 0 Å². The van der Waals surface area contributed by atoms with Gasteiger partial charge in [0.1, 0.15) is 0 Å². The standard InChI is InChI=1S/C28H54/c1-3-5-16-26-21-23-28(24-22-26)27-19-13-11-9-7-6-8-10-12-17-25(15-4-2)18-14-20-27/h25-28H,3-24H2,1-2H3. The van der Waals surface area contributed by atoms with Crippen molar-refractivity contribution in [2.45, 2.75) is 155 Å². The van der Waals surface area contributed by atoms with Crippen molar-refractivity contribution in [2.75, 3.05) is 0 Å². The van der Waals surface area contributed by atoms with Gasteiger partial charge in [-0.3, -0.25) is 0 Å². The third kappa shape index (κ3) is 10.2. The van der Waals surface area contributed by atoms with Crippen LogP contribution in [-0.4, -0.2) is 0 Å². The van der Waals surface area contributed by atoms with Crippen molar-refractivity contribution in [1.29, 1.82) is 0 Å². The summed E-state index contributed by atoms with van der Waals surface area (Å²) in [6.45, 7) is 4.75. The highest BCUT2D eigenvalue weighted by Gasteiger charge is 2.27. The maximum atomic E-state index is 2.40. The van der Waals surface area contributed by atoms with Crippen LogP contribution in [0.3, 0.4) is 0 Å². The molecule has 0 aromatic heterocycles. The zero-order chi connectivity index (χ0) is 19.9. The molecule has 2 fully saturated rings. The Kier molecular flexibility index (Phi) is 13.7. The molecule has 2 aliphatic rings. The average molecular weight is 391 g/mol. The summed E-state index contributed by atoms with van der Waals surface area (Å²) in [7, 11) is 0. The summed E-state index contributed by atoms with van der Waals surface area (Å²) in [5.41, 5.74) is 0. The van der Waals surface area contributed by atoms with Gasteiger partial charge >= 0.3 is 0 Å². The third-order valence-corrected chi connectivity index (χ3v) is 8.35. The lowest BCUT2D eigenvalue weighted by molar-refractivity contribution is 0.173. The van der Waals surface area contributed by atoms with E-state index < -0.39 is 0 Å². The molecule has 166 valence electrons. The maximum absolute atomic E-state index is 2.40. The molecule has 0 nitrogen and oxygen atoms in total. The van der Waals surface area contributed by atoms with Crippen molar-refractivity contribution in [3.8, 4) is 0 Å². The molecule has 2 atom stereocenters. The van der Waals surface area contributed by atoms with Crippen LogP contribution in [0, 0.1) is 23.7 Å². The first-order chi connectivity index (χ1) is 13.8. The molecule has 0 N–H and O–H groups in total. The van der Waals surface area contributed by atoms with E-state index in [2.05, 4.69) is 13.8 Å². The SMILES string of the molecule is CCCCC1CCC(C2CCCCCCCCCCC(CCC)CCC2)CC1. The smallest absolute Gasteiger partial charge is 0.0386 e. The van der Waals surface area contributed by atoms with Gasteiger partial charge in [-0.15, -0.1) is 0 Å². The predicted molar refractivity (Wildman–Crippen MR) is 127 cm³/mol. The molecule has 0 aromatic carbocycles. The van der Waals surface area contributed by atoms with Crippen molar-refractivity contribution < 1.29 is 0 Å². The van der Waals surface area contributed by atoms with E-state index in [1.807, 2.05) is 0 Å². The molecule has 0 heterocycles. The van der Waals surface area contributed by atoms with Crippen molar-refractivity contribution in [2.24, 2.45) is 23.7 Å². The lowest BCUT2D eigenvalue weighted by Gasteiger charge is -2.34. The predicted octanol–water partition coefficient (Wildman–Crippen LogP) is 10.1. The van der Waals surface area contributed by atoms with E-state index in [9.17, 15) is 0 Å². The Labute approximate surface area is 179 Å². The zero-order valence-electron chi connectivity index (χ0n) is 19.9. The molecule has 2 aliphatic carbocycles. The summed E-state index contributed by atoms with van der Waals surface area (Å²) in [5, 5.41) is 0. The van der Waals surface area contributed by atoms with Gasteiger partial charge in [-0.2, -0.15) is 0 Å². The molecule has 0 spiro atoms. The van der Waals surface area contributed by atoms with E-state index in [1.54, 1.807) is 38.5 Å². The van der Waals surface area contributed by atoms with Crippen molar-refractivity contribution >= 4 is 0 Å². The van der Waals surface area contributed by atoms with Gasteiger partial charge in [0, 0.05) is 0 Å². The summed E-state index contributed by atoms with van der Waals surface area (Å²) in [5.74, 6) is 4.27. The average Bonchev–Trinajstić information content (AvgIpc) is 2.73. The van der Waals surface area contributed by atoms with E-state index in [-0.39, 0.29) is 0 Å². The van der Waals surface area contributed by atoms with Crippen LogP contribution in [0.1, 0.15) is 155 Å². The molecule has 0 aliphatic heterocycles. The number of unbranched alkanes of at least 4 members (excludes halogenated alkanes) is 1. The fourth-order valence-electron chi connectivity index (χ4n) is 6.47. The van der Waals surface area contributed by atoms with Gasteiger partial charge in [0.05, 0.1) is 0 Å². The zero-order valence-corrected chi connectivity index (χ0v) is 19.9. The van der Waals surface area contributed by atoms with Crippen LogP contribution >= 0.6 is 0 Å². The van der Waals surface area contributed by atoms with E-state index in [1.165, 1.54) is 103 Å². The maximum Gasteiger partial charge on any atom is -0.0386 e. The molecule has 28 heavy (non-hydrogen) atoms. The minimum Gasteiger partial charge on any atom is -0.0654 e. The van der Waals surface area contributed by atoms with Crippen molar-refractivity contribution in [1.82, 2.24) is 0 Å². The van der Waals surface area contributed by atoms with Gasteiger partial charge in [0.2, 0.25) is 0 Å². The van der Waals surface area contributed by atoms with Gasteiger partial charge in [-0.1, -0.05) is 142 Å². The molecular formula is C28H54. The monoisotopic (exact) mass is 390 g/mol. The normalized spacial score (nSPS) is 32.4. The number of hydrogen-bond acceptors (Lipinski definition) is 0. The Bertz CT molecular complexity index is 338. The lowest BCUT2D eigenvalue weighted by Crippen LogP contribution is -2.22. The molecule has 2 saturated carbocycles. The van der Waals surface area contributed by atoms with Gasteiger partial charge in [0.25, 0.3) is 0 Å². The van der Waals surface area contributed by atoms with Crippen LogP contribution in [0.15, 0.2) is 0 Å². The quantitative estimate of drug-likeness (QED) is 0.423. The van der Waals surface area contributed by atoms with Crippen molar-refractivity contribution in [3.63, 3.8) is 0 Å². The lowest BCUT2D eigenvalue weighted by atomic mass is 9.71.